The second-order valence-corrected chi connectivity index (χ2v) is 14.3. The summed E-state index contributed by atoms with van der Waals surface area (Å²) in [6.45, 7) is 2.91. The van der Waals surface area contributed by atoms with Gasteiger partial charge in [-0.05, 0) is 24.8 Å². The lowest BCUT2D eigenvalue weighted by atomic mass is 10.1. The molecule has 6 amide bonds. The summed E-state index contributed by atoms with van der Waals surface area (Å²) in [6.07, 6.45) is 8.22. The Kier molecular flexibility index (Phi) is 21.7. The van der Waals surface area contributed by atoms with Gasteiger partial charge in [-0.25, -0.2) is 18.4 Å². The first-order chi connectivity index (χ1) is 26.8. The Morgan fingerprint density at radius 1 is 0.821 bits per heavy atom. The molecule has 304 valence electrons. The molecule has 0 radical (unpaired) electrons. The fourth-order valence-corrected chi connectivity index (χ4v) is 5.09. The molecule has 0 saturated heterocycles. The van der Waals surface area contributed by atoms with Gasteiger partial charge in [0.15, 0.2) is 0 Å². The lowest BCUT2D eigenvalue weighted by Crippen LogP contribution is -2.52. The third-order valence-electron chi connectivity index (χ3n) is 7.61. The normalized spacial score (nSPS) is 11.8. The molecule has 1 heterocycles. The molecule has 56 heavy (non-hydrogen) atoms. The van der Waals surface area contributed by atoms with Crippen molar-refractivity contribution in [3.63, 3.8) is 0 Å². The van der Waals surface area contributed by atoms with E-state index in [0.29, 0.717) is 50.6 Å². The largest absolute Gasteiger partial charge is 0.356 e. The van der Waals surface area contributed by atoms with E-state index in [9.17, 15) is 37.2 Å². The molecule has 0 aliphatic carbocycles. The Balaban J connectivity index is 1.60. The fraction of sp³-hybridized carbons (Fsp3) is 0.459. The molecule has 18 nitrogen and oxygen atoms in total. The number of benzene rings is 1. The van der Waals surface area contributed by atoms with Crippen molar-refractivity contribution < 1.29 is 41.9 Å². The number of nitrogens with two attached hydrogens (primary N) is 1. The minimum Gasteiger partial charge on any atom is -0.356 e. The van der Waals surface area contributed by atoms with Crippen LogP contribution in [0.4, 0.5) is 0 Å². The van der Waals surface area contributed by atoms with Crippen LogP contribution in [-0.4, -0.2) is 112 Å². The van der Waals surface area contributed by atoms with Crippen molar-refractivity contribution in [3.05, 3.63) is 66.5 Å². The van der Waals surface area contributed by atoms with Crippen molar-refractivity contribution in [3.8, 4) is 11.8 Å². The van der Waals surface area contributed by atoms with Crippen LogP contribution in [0.1, 0.15) is 56.1 Å². The molecule has 0 aliphatic heterocycles. The van der Waals surface area contributed by atoms with Crippen LogP contribution in [0.5, 0.6) is 0 Å². The molecule has 2 atom stereocenters. The van der Waals surface area contributed by atoms with Gasteiger partial charge in [0.25, 0.3) is 0 Å². The van der Waals surface area contributed by atoms with Gasteiger partial charge in [0.2, 0.25) is 50.4 Å². The summed E-state index contributed by atoms with van der Waals surface area (Å²) in [5, 5.41) is 15.0. The average molecular weight is 798 g/mol. The van der Waals surface area contributed by atoms with E-state index >= 15 is 0 Å². The quantitative estimate of drug-likeness (QED) is 0.0205. The zero-order chi connectivity index (χ0) is 41.2. The summed E-state index contributed by atoms with van der Waals surface area (Å²) in [6, 6.07) is 7.87. The summed E-state index contributed by atoms with van der Waals surface area (Å²) < 4.78 is 28.1. The van der Waals surface area contributed by atoms with Gasteiger partial charge in [0, 0.05) is 57.4 Å². The number of nitrogens with zero attached hydrogens (tertiary/aromatic N) is 2. The van der Waals surface area contributed by atoms with E-state index in [2.05, 4.69) is 60.3 Å². The zero-order valence-electron chi connectivity index (χ0n) is 31.4. The maximum atomic E-state index is 12.9. The second-order valence-electron chi connectivity index (χ2n) is 12.3. The fourth-order valence-electron chi connectivity index (χ4n) is 4.61. The molecule has 0 fully saturated rings. The summed E-state index contributed by atoms with van der Waals surface area (Å²) in [5.41, 5.74) is 6.73. The highest BCUT2D eigenvalue weighted by atomic mass is 32.2. The lowest BCUT2D eigenvalue weighted by molar-refractivity contribution is -0.131. The van der Waals surface area contributed by atoms with E-state index in [4.69, 9.17) is 10.5 Å². The topological polar surface area (TPSA) is 270 Å². The molecule has 1 aromatic carbocycles. The van der Waals surface area contributed by atoms with Crippen LogP contribution in [-0.2, 0) is 49.8 Å². The number of amides is 6. The highest BCUT2D eigenvalue weighted by molar-refractivity contribution is 7.90. The van der Waals surface area contributed by atoms with Crippen molar-refractivity contribution in [1.82, 2.24) is 41.9 Å². The van der Waals surface area contributed by atoms with Crippen LogP contribution in [0, 0.1) is 11.8 Å². The van der Waals surface area contributed by atoms with Crippen molar-refractivity contribution >= 4 is 45.3 Å². The number of carbonyl (C=O) groups is 6. The summed E-state index contributed by atoms with van der Waals surface area (Å²) >= 11 is 0. The van der Waals surface area contributed by atoms with E-state index in [1.807, 2.05) is 0 Å². The molecule has 0 bridgehead atoms. The Morgan fingerprint density at radius 2 is 1.45 bits per heavy atom. The van der Waals surface area contributed by atoms with Gasteiger partial charge in [0.1, 0.15) is 12.8 Å². The van der Waals surface area contributed by atoms with Crippen LogP contribution in [0.2, 0.25) is 0 Å². The SMILES string of the molecule is C=C[C@@H](CN)OCNC(=O)CNC(=O)[C@H](Cc1ccccc1)NC(=O)CNC(=O)CNC(=O)CCCCCNC(=O)CCCC#Cc1cnc(S(C)(=O)=O)nc1. The lowest BCUT2D eigenvalue weighted by Gasteiger charge is -2.19. The number of ether oxygens (including phenoxy) is 1. The van der Waals surface area contributed by atoms with Gasteiger partial charge in [-0.3, -0.25) is 28.8 Å². The number of unbranched alkanes of at least 4 members (excludes halogenated alkanes) is 3. The number of hydrogen-bond acceptors (Lipinski definition) is 12. The Labute approximate surface area is 326 Å². The average Bonchev–Trinajstić information content (AvgIpc) is 3.18. The molecule has 0 spiro atoms. The van der Waals surface area contributed by atoms with E-state index in [0.717, 1.165) is 11.8 Å². The van der Waals surface area contributed by atoms with Gasteiger partial charge >= 0.3 is 0 Å². The molecule has 1 aromatic heterocycles. The van der Waals surface area contributed by atoms with Crippen molar-refractivity contribution in [1.29, 1.82) is 0 Å². The highest BCUT2D eigenvalue weighted by Gasteiger charge is 2.22. The van der Waals surface area contributed by atoms with Gasteiger partial charge in [-0.15, -0.1) is 6.58 Å². The maximum Gasteiger partial charge on any atom is 0.246 e. The maximum absolute atomic E-state index is 12.9. The standard InChI is InChI=1S/C37H51N9O9S/c1-3-29(20-38)55-26-45-34(50)24-42-36(52)30(19-27-13-7-4-8-14-27)46-35(51)25-41-33(49)23-40-32(48)17-11-6-12-18-39-31(47)16-10-5-9-15-28-21-43-37(44-22-28)56(2,53)54/h3-4,7-8,13-14,21-22,29-30H,1,5-6,10-12,16-20,23-26,38H2,2H3,(H,39,47)(H,40,48)(H,41,49)(H,42,52)(H,45,50)(H,46,51)/t29-,30-/m0/s1. The number of nitrogens with one attached hydrogen (secondary N) is 6. The van der Waals surface area contributed by atoms with E-state index in [1.165, 1.54) is 18.5 Å². The van der Waals surface area contributed by atoms with Crippen molar-refractivity contribution in [2.75, 3.05) is 45.7 Å². The summed E-state index contributed by atoms with van der Waals surface area (Å²) in [5.74, 6) is 2.88. The first kappa shape index (κ1) is 46.4. The molecule has 2 aromatic rings. The number of rotatable bonds is 25. The highest BCUT2D eigenvalue weighted by Crippen LogP contribution is 2.05. The van der Waals surface area contributed by atoms with Crippen LogP contribution >= 0.6 is 0 Å². The minimum absolute atomic E-state index is 0.118. The molecule has 0 saturated carbocycles. The number of sulfone groups is 1. The Hall–Kier alpha value is -5.71. The monoisotopic (exact) mass is 797 g/mol. The third kappa shape index (κ3) is 20.7. The Morgan fingerprint density at radius 3 is 2.12 bits per heavy atom. The molecule has 2 rings (SSSR count). The number of carbonyl (C=O) groups excluding carboxylic acids is 6. The molecule has 0 aliphatic rings. The zero-order valence-corrected chi connectivity index (χ0v) is 32.3. The van der Waals surface area contributed by atoms with Gasteiger partial charge in [-0.1, -0.05) is 54.7 Å². The molecular weight excluding hydrogens is 747 g/mol. The van der Waals surface area contributed by atoms with Crippen LogP contribution in [0.25, 0.3) is 0 Å². The van der Waals surface area contributed by atoms with Gasteiger partial charge in [0.05, 0.1) is 31.3 Å². The van der Waals surface area contributed by atoms with Crippen LogP contribution < -0.4 is 37.6 Å². The molecule has 19 heteroatoms. The van der Waals surface area contributed by atoms with Crippen LogP contribution in [0.3, 0.4) is 0 Å². The van der Waals surface area contributed by atoms with Crippen LogP contribution in [0.15, 0.2) is 60.5 Å². The smallest absolute Gasteiger partial charge is 0.246 e. The summed E-state index contributed by atoms with van der Waals surface area (Å²) in [4.78, 5) is 81.8. The van der Waals surface area contributed by atoms with E-state index in [-0.39, 0.29) is 56.2 Å². The molecular formula is C37H51N9O9S. The van der Waals surface area contributed by atoms with Gasteiger partial charge in [-0.2, -0.15) is 0 Å². The Bertz CT molecular complexity index is 1780. The minimum atomic E-state index is -3.48. The summed E-state index contributed by atoms with van der Waals surface area (Å²) in [7, 11) is -3.48. The number of aromatic nitrogens is 2. The number of hydrogen-bond donors (Lipinski definition) is 7. The molecule has 8 N–H and O–H groups in total. The first-order valence-electron chi connectivity index (χ1n) is 17.9. The van der Waals surface area contributed by atoms with Crippen molar-refractivity contribution in [2.24, 2.45) is 5.73 Å². The molecule has 0 unspecified atom stereocenters. The third-order valence-corrected chi connectivity index (χ3v) is 8.49. The second kappa shape index (κ2) is 26.2. The van der Waals surface area contributed by atoms with E-state index in [1.54, 1.807) is 30.3 Å². The van der Waals surface area contributed by atoms with E-state index < -0.39 is 52.2 Å². The first-order valence-corrected chi connectivity index (χ1v) is 19.8. The predicted molar refractivity (Wildman–Crippen MR) is 206 cm³/mol. The predicted octanol–water partition coefficient (Wildman–Crippen LogP) is -1.24. The van der Waals surface area contributed by atoms with Crippen molar-refractivity contribution in [2.45, 2.75) is 68.7 Å². The van der Waals surface area contributed by atoms with Gasteiger partial charge < -0.3 is 42.4 Å².